The standard InChI is InChI=1S/C23H46O5/c1-20(24)15-11-10-14-17-21(25)16-12-8-6-4-3-5-7-9-13-18-22(26)19-23(27)28-2/h20-22,24-26H,3-19H2,1-2H3. The van der Waals surface area contributed by atoms with E-state index in [0.717, 1.165) is 57.8 Å². The second-order valence-electron chi connectivity index (χ2n) is 8.33. The number of hydrogen-bond acceptors (Lipinski definition) is 5. The smallest absolute Gasteiger partial charge is 0.308 e. The third kappa shape index (κ3) is 20.1. The van der Waals surface area contributed by atoms with Gasteiger partial charge >= 0.3 is 5.97 Å². The summed E-state index contributed by atoms with van der Waals surface area (Å²) < 4.78 is 4.55. The zero-order valence-corrected chi connectivity index (χ0v) is 18.4. The zero-order valence-electron chi connectivity index (χ0n) is 18.4. The van der Waals surface area contributed by atoms with E-state index < -0.39 is 6.10 Å². The number of aliphatic hydroxyl groups excluding tert-OH is 3. The number of ether oxygens (including phenoxy) is 1. The fourth-order valence-corrected chi connectivity index (χ4v) is 3.52. The van der Waals surface area contributed by atoms with Crippen molar-refractivity contribution in [1.82, 2.24) is 0 Å². The predicted molar refractivity (Wildman–Crippen MR) is 114 cm³/mol. The topological polar surface area (TPSA) is 87.0 Å². The van der Waals surface area contributed by atoms with Gasteiger partial charge in [0.05, 0.1) is 31.8 Å². The number of carbonyl (C=O) groups excluding carboxylic acids is 1. The molecule has 0 bridgehead atoms. The lowest BCUT2D eigenvalue weighted by molar-refractivity contribution is -0.142. The van der Waals surface area contributed by atoms with Gasteiger partial charge in [-0.2, -0.15) is 0 Å². The normalized spacial score (nSPS) is 14.6. The molecule has 0 radical (unpaired) electrons. The number of esters is 1. The average Bonchev–Trinajstić information content (AvgIpc) is 2.65. The van der Waals surface area contributed by atoms with Crippen LogP contribution in [0.15, 0.2) is 0 Å². The highest BCUT2D eigenvalue weighted by Gasteiger charge is 2.10. The Morgan fingerprint density at radius 3 is 1.43 bits per heavy atom. The van der Waals surface area contributed by atoms with Gasteiger partial charge in [-0.15, -0.1) is 0 Å². The van der Waals surface area contributed by atoms with Crippen molar-refractivity contribution in [2.45, 2.75) is 134 Å². The molecule has 0 heterocycles. The number of aliphatic hydroxyl groups is 3. The van der Waals surface area contributed by atoms with Crippen LogP contribution in [0.1, 0.15) is 116 Å². The lowest BCUT2D eigenvalue weighted by Gasteiger charge is -2.10. The molecule has 168 valence electrons. The number of methoxy groups -OCH3 is 1. The van der Waals surface area contributed by atoms with Crippen LogP contribution < -0.4 is 0 Å². The summed E-state index contributed by atoms with van der Waals surface area (Å²) in [7, 11) is 1.35. The maximum absolute atomic E-state index is 11.0. The van der Waals surface area contributed by atoms with Gasteiger partial charge in [-0.1, -0.05) is 77.0 Å². The number of unbranched alkanes of at least 4 members (excludes halogenated alkanes) is 10. The molecule has 0 aliphatic carbocycles. The highest BCUT2D eigenvalue weighted by molar-refractivity contribution is 5.69. The molecule has 0 aromatic rings. The molecule has 0 rings (SSSR count). The molecule has 5 heteroatoms. The van der Waals surface area contributed by atoms with E-state index in [2.05, 4.69) is 4.74 Å². The molecule has 0 saturated heterocycles. The van der Waals surface area contributed by atoms with Crippen molar-refractivity contribution in [3.63, 3.8) is 0 Å². The Labute approximate surface area is 172 Å². The van der Waals surface area contributed by atoms with Crippen LogP contribution in [0.3, 0.4) is 0 Å². The first kappa shape index (κ1) is 27.4. The van der Waals surface area contributed by atoms with Gasteiger partial charge in [0.1, 0.15) is 0 Å². The fraction of sp³-hybridized carbons (Fsp3) is 0.957. The Morgan fingerprint density at radius 1 is 0.643 bits per heavy atom. The van der Waals surface area contributed by atoms with E-state index in [1.165, 1.54) is 45.6 Å². The maximum atomic E-state index is 11.0. The second-order valence-corrected chi connectivity index (χ2v) is 8.33. The minimum absolute atomic E-state index is 0.105. The third-order valence-corrected chi connectivity index (χ3v) is 5.36. The summed E-state index contributed by atoms with van der Waals surface area (Å²) in [5.41, 5.74) is 0. The zero-order chi connectivity index (χ0) is 21.0. The summed E-state index contributed by atoms with van der Waals surface area (Å²) in [5.74, 6) is -0.340. The van der Waals surface area contributed by atoms with Gasteiger partial charge in [0.2, 0.25) is 0 Å². The maximum Gasteiger partial charge on any atom is 0.308 e. The molecular weight excluding hydrogens is 356 g/mol. The first-order valence-electron chi connectivity index (χ1n) is 11.6. The molecule has 0 aliphatic rings. The molecule has 28 heavy (non-hydrogen) atoms. The summed E-state index contributed by atoms with van der Waals surface area (Å²) >= 11 is 0. The van der Waals surface area contributed by atoms with Gasteiger partial charge in [-0.05, 0) is 32.6 Å². The van der Waals surface area contributed by atoms with Crippen molar-refractivity contribution in [3.8, 4) is 0 Å². The SMILES string of the molecule is COC(=O)CC(O)CCCCCCCCCCCC(O)CCCCCC(C)O. The summed E-state index contributed by atoms with van der Waals surface area (Å²) in [6, 6.07) is 0. The van der Waals surface area contributed by atoms with Crippen LogP contribution in [0.4, 0.5) is 0 Å². The Bertz CT molecular complexity index is 346. The number of carbonyl (C=O) groups is 1. The highest BCUT2D eigenvalue weighted by atomic mass is 16.5. The Balaban J connectivity index is 3.25. The van der Waals surface area contributed by atoms with E-state index >= 15 is 0 Å². The molecule has 0 aromatic heterocycles. The molecule has 0 amide bonds. The molecule has 0 spiro atoms. The largest absolute Gasteiger partial charge is 0.469 e. The van der Waals surface area contributed by atoms with Gasteiger partial charge in [-0.25, -0.2) is 0 Å². The lowest BCUT2D eigenvalue weighted by atomic mass is 10.0. The Morgan fingerprint density at radius 2 is 1.00 bits per heavy atom. The summed E-state index contributed by atoms with van der Waals surface area (Å²) in [4.78, 5) is 11.0. The van der Waals surface area contributed by atoms with Gasteiger partial charge < -0.3 is 20.1 Å². The van der Waals surface area contributed by atoms with Crippen LogP contribution in [0.5, 0.6) is 0 Å². The summed E-state index contributed by atoms with van der Waals surface area (Å²) in [6.07, 6.45) is 16.4. The van der Waals surface area contributed by atoms with E-state index in [0.29, 0.717) is 6.42 Å². The quantitative estimate of drug-likeness (QED) is 0.199. The van der Waals surface area contributed by atoms with E-state index in [9.17, 15) is 20.1 Å². The summed E-state index contributed by atoms with van der Waals surface area (Å²) in [6.45, 7) is 1.83. The molecule has 3 N–H and O–H groups in total. The minimum atomic E-state index is -0.563. The van der Waals surface area contributed by atoms with E-state index in [1.807, 2.05) is 6.92 Å². The van der Waals surface area contributed by atoms with Crippen LogP contribution in [0.25, 0.3) is 0 Å². The molecule has 0 aromatic carbocycles. The third-order valence-electron chi connectivity index (χ3n) is 5.36. The number of rotatable bonds is 20. The first-order valence-corrected chi connectivity index (χ1v) is 11.6. The first-order chi connectivity index (χ1) is 13.5. The minimum Gasteiger partial charge on any atom is -0.469 e. The van der Waals surface area contributed by atoms with Gasteiger partial charge in [0.15, 0.2) is 0 Å². The molecule has 3 atom stereocenters. The van der Waals surface area contributed by atoms with E-state index in [-0.39, 0.29) is 24.6 Å². The average molecular weight is 403 g/mol. The van der Waals surface area contributed by atoms with Gasteiger partial charge in [-0.3, -0.25) is 4.79 Å². The van der Waals surface area contributed by atoms with Crippen LogP contribution in [0.2, 0.25) is 0 Å². The highest BCUT2D eigenvalue weighted by Crippen LogP contribution is 2.15. The van der Waals surface area contributed by atoms with Crippen molar-refractivity contribution >= 4 is 5.97 Å². The Kier molecular flexibility index (Phi) is 19.2. The molecular formula is C23H46O5. The van der Waals surface area contributed by atoms with E-state index in [1.54, 1.807) is 0 Å². The molecule has 5 nitrogen and oxygen atoms in total. The van der Waals surface area contributed by atoms with Crippen molar-refractivity contribution < 1.29 is 24.9 Å². The molecule has 0 saturated carbocycles. The van der Waals surface area contributed by atoms with Crippen molar-refractivity contribution in [2.24, 2.45) is 0 Å². The Hall–Kier alpha value is -0.650. The van der Waals surface area contributed by atoms with Crippen LogP contribution in [-0.4, -0.2) is 46.7 Å². The predicted octanol–water partition coefficient (Wildman–Crippen LogP) is 4.89. The van der Waals surface area contributed by atoms with Crippen molar-refractivity contribution in [3.05, 3.63) is 0 Å². The van der Waals surface area contributed by atoms with Crippen LogP contribution in [-0.2, 0) is 9.53 Å². The number of hydrogen-bond donors (Lipinski definition) is 3. The van der Waals surface area contributed by atoms with Crippen molar-refractivity contribution in [1.29, 1.82) is 0 Å². The summed E-state index contributed by atoms with van der Waals surface area (Å²) in [5, 5.41) is 28.9. The molecule has 0 aliphatic heterocycles. The monoisotopic (exact) mass is 402 g/mol. The van der Waals surface area contributed by atoms with Crippen LogP contribution >= 0.6 is 0 Å². The molecule has 0 fully saturated rings. The second kappa shape index (κ2) is 19.7. The lowest BCUT2D eigenvalue weighted by Crippen LogP contribution is -2.14. The van der Waals surface area contributed by atoms with Crippen molar-refractivity contribution in [2.75, 3.05) is 7.11 Å². The van der Waals surface area contributed by atoms with Gasteiger partial charge in [0.25, 0.3) is 0 Å². The van der Waals surface area contributed by atoms with Crippen LogP contribution in [0, 0.1) is 0 Å². The fourth-order valence-electron chi connectivity index (χ4n) is 3.52. The van der Waals surface area contributed by atoms with E-state index in [4.69, 9.17) is 0 Å². The molecule has 3 unspecified atom stereocenters. The van der Waals surface area contributed by atoms with Gasteiger partial charge in [0, 0.05) is 0 Å².